The average Bonchev–Trinajstić information content (AvgIpc) is 3.55. The minimum Gasteiger partial charge on any atom is -0.388 e. The Morgan fingerprint density at radius 2 is 1.70 bits per heavy atom. The number of benzene rings is 1. The number of sulfonamides is 1. The van der Waals surface area contributed by atoms with E-state index in [2.05, 4.69) is 15.5 Å². The largest absolute Gasteiger partial charge is 0.388 e. The first-order valence-electron chi connectivity index (χ1n) is 15.4. The summed E-state index contributed by atoms with van der Waals surface area (Å²) in [5, 5.41) is 26.8. The molecule has 13 nitrogen and oxygen atoms in total. The lowest BCUT2D eigenvalue weighted by Gasteiger charge is -2.42. The summed E-state index contributed by atoms with van der Waals surface area (Å²) in [6.45, 7) is -0.202. The first-order chi connectivity index (χ1) is 21.0. The second kappa shape index (κ2) is 12.6. The van der Waals surface area contributed by atoms with Gasteiger partial charge in [-0.05, 0) is 37.5 Å². The highest BCUT2D eigenvalue weighted by Gasteiger charge is 2.48. The molecule has 1 aromatic carbocycles. The fourth-order valence-electron chi connectivity index (χ4n) is 7.42. The predicted molar refractivity (Wildman–Crippen MR) is 153 cm³/mol. The summed E-state index contributed by atoms with van der Waals surface area (Å²) in [6, 6.07) is 2.46. The van der Waals surface area contributed by atoms with E-state index in [1.807, 2.05) is 0 Å². The van der Waals surface area contributed by atoms with Crippen LogP contribution >= 0.6 is 0 Å². The number of piperazine rings is 1. The molecule has 0 radical (unpaired) electrons. The number of carbonyl (C=O) groups is 3. The van der Waals surface area contributed by atoms with Gasteiger partial charge in [-0.3, -0.25) is 19.3 Å². The van der Waals surface area contributed by atoms with Gasteiger partial charge in [-0.25, -0.2) is 12.8 Å². The molecule has 242 valence electrons. The van der Waals surface area contributed by atoms with E-state index in [9.17, 15) is 37.4 Å². The maximum Gasteiger partial charge on any atom is 0.244 e. The highest BCUT2D eigenvalue weighted by molar-refractivity contribution is 7.89. The lowest BCUT2D eigenvalue weighted by molar-refractivity contribution is -0.141. The third-order valence-corrected chi connectivity index (χ3v) is 11.6. The summed E-state index contributed by atoms with van der Waals surface area (Å²) in [6.07, 6.45) is 0.370. The molecule has 4 N–H and O–H groups in total. The molecule has 0 spiro atoms. The van der Waals surface area contributed by atoms with Crippen LogP contribution in [0.4, 0.5) is 4.39 Å². The third-order valence-electron chi connectivity index (χ3n) is 9.71. The van der Waals surface area contributed by atoms with Gasteiger partial charge >= 0.3 is 0 Å². The number of fused-ring (bicyclic) bond motifs is 6. The van der Waals surface area contributed by atoms with Gasteiger partial charge in [0.1, 0.15) is 30.2 Å². The normalized spacial score (nSPS) is 35.0. The molecule has 4 aliphatic heterocycles. The molecule has 5 aliphatic rings. The Labute approximate surface area is 255 Å². The van der Waals surface area contributed by atoms with E-state index in [-0.39, 0.29) is 61.4 Å². The Balaban J connectivity index is 1.32. The molecule has 1 saturated carbocycles. The van der Waals surface area contributed by atoms with Crippen molar-refractivity contribution in [2.24, 2.45) is 0 Å². The first-order valence-corrected chi connectivity index (χ1v) is 16.9. The molecule has 44 heavy (non-hydrogen) atoms. The number of rotatable bonds is 3. The fraction of sp³-hybridized carbons (Fsp3) is 0.690. The quantitative estimate of drug-likeness (QED) is 0.323. The number of hydrogen-bond acceptors (Lipinski definition) is 9. The number of halogens is 1. The van der Waals surface area contributed by atoms with E-state index in [4.69, 9.17) is 4.74 Å². The molecular weight excluding hydrogens is 597 g/mol. The number of ether oxygens (including phenoxy) is 1. The smallest absolute Gasteiger partial charge is 0.244 e. The van der Waals surface area contributed by atoms with Crippen molar-refractivity contribution in [1.29, 1.82) is 0 Å². The van der Waals surface area contributed by atoms with Gasteiger partial charge in [-0.1, -0.05) is 25.3 Å². The Morgan fingerprint density at radius 1 is 0.955 bits per heavy atom. The topological polar surface area (TPSA) is 169 Å². The summed E-state index contributed by atoms with van der Waals surface area (Å²) in [5.74, 6) is -2.06. The summed E-state index contributed by atoms with van der Waals surface area (Å²) >= 11 is 0. The minimum absolute atomic E-state index is 0.0293. The highest BCUT2D eigenvalue weighted by atomic mass is 32.2. The lowest BCUT2D eigenvalue weighted by Crippen LogP contribution is -2.63. The number of carbonyl (C=O) groups excluding carboxylic acids is 3. The van der Waals surface area contributed by atoms with Crippen molar-refractivity contribution in [2.75, 3.05) is 32.7 Å². The zero-order chi connectivity index (χ0) is 31.2. The number of nitrogens with zero attached hydrogens (tertiary/aromatic N) is 3. The molecule has 1 aromatic rings. The number of aliphatic hydroxyl groups is 2. The standard InChI is InChI=1S/C29H40FN5O8S/c30-17-5-4-8-20(11-17)44(41,42)35-10-9-33-16-22(35)28(39)31-14-24-27(38)26(37)23(43-24)13-25(36)32-18-12-21(29(33)40)34(15-18)19-6-2-1-3-7-19/h4-5,8,11,18-19,21-24,26-27,37-38H,1-3,6-7,9-10,12-16H2,(H,31,39)(H,32,36)/t18-,21-,22-,23-,24+,26-,27+/m0/s1. The van der Waals surface area contributed by atoms with Crippen LogP contribution in [0, 0.1) is 5.82 Å². The van der Waals surface area contributed by atoms with E-state index < -0.39 is 58.2 Å². The van der Waals surface area contributed by atoms with Crippen LogP contribution in [0.5, 0.6) is 0 Å². The summed E-state index contributed by atoms with van der Waals surface area (Å²) in [5.41, 5.74) is 0. The number of hydrogen-bond donors (Lipinski definition) is 4. The molecule has 0 aromatic heterocycles. The van der Waals surface area contributed by atoms with E-state index in [0.29, 0.717) is 13.0 Å². The van der Waals surface area contributed by atoms with Crippen molar-refractivity contribution in [1.82, 2.24) is 24.7 Å². The Kier molecular flexibility index (Phi) is 8.96. The van der Waals surface area contributed by atoms with Crippen LogP contribution in [0.1, 0.15) is 44.9 Å². The Morgan fingerprint density at radius 3 is 2.45 bits per heavy atom. The average molecular weight is 638 g/mol. The van der Waals surface area contributed by atoms with Gasteiger partial charge in [0.05, 0.1) is 23.5 Å². The number of nitrogens with one attached hydrogen (secondary N) is 2. The summed E-state index contributed by atoms with van der Waals surface area (Å²) in [7, 11) is -4.33. The maximum absolute atomic E-state index is 14.2. The van der Waals surface area contributed by atoms with Gasteiger partial charge in [-0.15, -0.1) is 0 Å². The van der Waals surface area contributed by atoms with Crippen molar-refractivity contribution in [3.05, 3.63) is 30.1 Å². The Bertz CT molecular complexity index is 1380. The monoisotopic (exact) mass is 637 g/mol. The molecule has 5 fully saturated rings. The van der Waals surface area contributed by atoms with Crippen molar-refractivity contribution in [2.45, 2.75) is 98.4 Å². The molecule has 4 heterocycles. The van der Waals surface area contributed by atoms with Gasteiger partial charge in [0.2, 0.25) is 27.7 Å². The van der Waals surface area contributed by atoms with Crippen molar-refractivity contribution in [3.8, 4) is 0 Å². The van der Waals surface area contributed by atoms with E-state index in [0.717, 1.165) is 48.5 Å². The van der Waals surface area contributed by atoms with Gasteiger partial charge in [0.15, 0.2) is 0 Å². The predicted octanol–water partition coefficient (Wildman–Crippen LogP) is -1.07. The minimum atomic E-state index is -4.33. The van der Waals surface area contributed by atoms with Crippen molar-refractivity contribution < 1.29 is 42.1 Å². The van der Waals surface area contributed by atoms with Crippen LogP contribution in [-0.2, 0) is 29.1 Å². The molecule has 6 rings (SSSR count). The van der Waals surface area contributed by atoms with Crippen molar-refractivity contribution >= 4 is 27.7 Å². The number of amides is 3. The second-order valence-corrected chi connectivity index (χ2v) is 14.4. The lowest BCUT2D eigenvalue weighted by atomic mass is 9.93. The van der Waals surface area contributed by atoms with Crippen molar-refractivity contribution in [3.63, 3.8) is 0 Å². The van der Waals surface area contributed by atoms with Crippen LogP contribution in [0.3, 0.4) is 0 Å². The second-order valence-electron chi connectivity index (χ2n) is 12.5. The van der Waals surface area contributed by atoms with Crippen LogP contribution in [0.25, 0.3) is 0 Å². The van der Waals surface area contributed by atoms with E-state index in [1.165, 1.54) is 17.0 Å². The van der Waals surface area contributed by atoms with E-state index >= 15 is 0 Å². The highest BCUT2D eigenvalue weighted by Crippen LogP contribution is 2.32. The summed E-state index contributed by atoms with van der Waals surface area (Å²) < 4.78 is 48.2. The van der Waals surface area contributed by atoms with Gasteiger partial charge in [0, 0.05) is 44.8 Å². The molecule has 1 aliphatic carbocycles. The maximum atomic E-state index is 14.2. The third kappa shape index (κ3) is 6.09. The molecule has 4 saturated heterocycles. The Hall–Kier alpha value is -2.69. The zero-order valence-corrected chi connectivity index (χ0v) is 25.2. The van der Waals surface area contributed by atoms with Crippen LogP contribution in [-0.4, -0.2) is 132 Å². The number of likely N-dealkylation sites (tertiary alicyclic amines) is 1. The van der Waals surface area contributed by atoms with Crippen LogP contribution < -0.4 is 10.6 Å². The fourth-order valence-corrected chi connectivity index (χ4v) is 9.02. The van der Waals surface area contributed by atoms with Crippen LogP contribution in [0.15, 0.2) is 29.2 Å². The molecular formula is C29H40FN5O8S. The first kappa shape index (κ1) is 31.3. The van der Waals surface area contributed by atoms with E-state index in [1.54, 1.807) is 0 Å². The van der Waals surface area contributed by atoms with Gasteiger partial charge in [0.25, 0.3) is 0 Å². The molecule has 0 unspecified atom stereocenters. The summed E-state index contributed by atoms with van der Waals surface area (Å²) in [4.78, 5) is 44.2. The zero-order valence-electron chi connectivity index (χ0n) is 24.4. The van der Waals surface area contributed by atoms with Gasteiger partial charge in [-0.2, -0.15) is 4.31 Å². The molecule has 15 heteroatoms. The molecule has 7 atom stereocenters. The van der Waals surface area contributed by atoms with Gasteiger partial charge < -0.3 is 30.5 Å². The molecule has 6 bridgehead atoms. The number of aliphatic hydroxyl groups excluding tert-OH is 2. The SMILES string of the molecule is O=C1C[C@@H]2O[C@H](CNC(=O)[C@@H]3CN(CCN3S(=O)(=O)c3cccc(F)c3)C(=O)[C@@H]3C[C@@H](CN3C3CCCCC3)N1)[C@@H](O)[C@H]2O. The van der Waals surface area contributed by atoms with Crippen LogP contribution in [0.2, 0.25) is 0 Å². The molecule has 3 amide bonds.